The summed E-state index contributed by atoms with van der Waals surface area (Å²) >= 11 is 3.34. The highest BCUT2D eigenvalue weighted by Crippen LogP contribution is 2.25. The molecule has 3 rings (SSSR count). The molecule has 2 aromatic carbocycles. The number of hydrogen-bond donors (Lipinski definition) is 1. The molecular formula is C20H16BrN3O3. The fourth-order valence-electron chi connectivity index (χ4n) is 2.45. The average molecular weight is 426 g/mol. The van der Waals surface area contributed by atoms with Crippen LogP contribution < -0.4 is 10.2 Å². The van der Waals surface area contributed by atoms with Gasteiger partial charge in [0.25, 0.3) is 5.91 Å². The molecule has 0 aliphatic carbocycles. The number of nitrogens with zero attached hydrogens (tertiary/aromatic N) is 2. The average Bonchev–Trinajstić information content (AvgIpc) is 3.18. The molecule has 136 valence electrons. The van der Waals surface area contributed by atoms with Gasteiger partial charge in [0.15, 0.2) is 0 Å². The summed E-state index contributed by atoms with van der Waals surface area (Å²) in [6.45, 7) is 1.34. The molecule has 0 radical (unpaired) electrons. The van der Waals surface area contributed by atoms with E-state index >= 15 is 0 Å². The van der Waals surface area contributed by atoms with E-state index in [2.05, 4.69) is 26.5 Å². The number of nitrogens with one attached hydrogen (secondary N) is 1. The van der Waals surface area contributed by atoms with Gasteiger partial charge in [0, 0.05) is 19.3 Å². The molecule has 1 aromatic heterocycles. The third kappa shape index (κ3) is 4.71. The molecule has 0 aliphatic heterocycles. The van der Waals surface area contributed by atoms with Crippen molar-refractivity contribution in [3.8, 4) is 11.4 Å². The summed E-state index contributed by atoms with van der Waals surface area (Å²) < 4.78 is 7.53. The van der Waals surface area contributed by atoms with Gasteiger partial charge < -0.3 is 9.30 Å². The Bertz CT molecular complexity index is 997. The number of halogens is 1. The summed E-state index contributed by atoms with van der Waals surface area (Å²) in [7, 11) is 0. The van der Waals surface area contributed by atoms with Crippen LogP contribution in [0.3, 0.4) is 0 Å². The Morgan fingerprint density at radius 3 is 2.56 bits per heavy atom. The van der Waals surface area contributed by atoms with Crippen molar-refractivity contribution in [1.82, 2.24) is 9.99 Å². The van der Waals surface area contributed by atoms with Crippen LogP contribution in [0, 0.1) is 0 Å². The Kier molecular flexibility index (Phi) is 5.83. The van der Waals surface area contributed by atoms with Crippen LogP contribution in [0.1, 0.15) is 22.8 Å². The maximum Gasteiger partial charge on any atom is 0.308 e. The van der Waals surface area contributed by atoms with Crippen LogP contribution in [-0.2, 0) is 4.79 Å². The number of rotatable bonds is 5. The third-order valence-corrected chi connectivity index (χ3v) is 4.24. The summed E-state index contributed by atoms with van der Waals surface area (Å²) in [4.78, 5) is 23.5. The number of para-hydroxylation sites is 1. The predicted molar refractivity (Wildman–Crippen MR) is 106 cm³/mol. The molecule has 7 heteroatoms. The highest BCUT2D eigenvalue weighted by molar-refractivity contribution is 9.10. The number of aromatic nitrogens is 1. The molecule has 0 spiro atoms. The molecule has 1 heterocycles. The van der Waals surface area contributed by atoms with E-state index in [9.17, 15) is 9.59 Å². The summed E-state index contributed by atoms with van der Waals surface area (Å²) in [5.41, 5.74) is 4.54. The van der Waals surface area contributed by atoms with Crippen molar-refractivity contribution in [2.45, 2.75) is 6.92 Å². The molecule has 0 saturated carbocycles. The van der Waals surface area contributed by atoms with Crippen LogP contribution in [0.4, 0.5) is 0 Å². The molecule has 3 aromatic rings. The molecule has 0 unspecified atom stereocenters. The normalized spacial score (nSPS) is 10.7. The largest absolute Gasteiger partial charge is 0.426 e. The van der Waals surface area contributed by atoms with E-state index in [1.165, 1.54) is 13.1 Å². The minimum Gasteiger partial charge on any atom is -0.426 e. The molecule has 0 atom stereocenters. The van der Waals surface area contributed by atoms with Gasteiger partial charge in [0.05, 0.1) is 21.9 Å². The molecule has 1 amide bonds. The fraction of sp³-hybridized carbons (Fsp3) is 0.0500. The molecule has 0 aliphatic rings. The van der Waals surface area contributed by atoms with Gasteiger partial charge in [-0.3, -0.25) is 9.59 Å². The smallest absolute Gasteiger partial charge is 0.308 e. The fourth-order valence-corrected chi connectivity index (χ4v) is 2.92. The third-order valence-electron chi connectivity index (χ3n) is 3.62. The highest BCUT2D eigenvalue weighted by Gasteiger charge is 2.11. The number of carbonyl (C=O) groups is 2. The molecule has 0 bridgehead atoms. The predicted octanol–water partition coefficient (Wildman–Crippen LogP) is 3.93. The number of ether oxygens (including phenoxy) is 1. The first-order chi connectivity index (χ1) is 13.0. The van der Waals surface area contributed by atoms with E-state index in [1.807, 2.05) is 41.2 Å². The lowest BCUT2D eigenvalue weighted by Crippen LogP contribution is -2.19. The first-order valence-corrected chi connectivity index (χ1v) is 8.87. The number of esters is 1. The van der Waals surface area contributed by atoms with Crippen LogP contribution in [-0.4, -0.2) is 22.7 Å². The SMILES string of the molecule is CC(=O)Oc1ccc(/C=N\NC(=O)c2ccccc2-n2cccc2)cc1Br. The number of benzene rings is 2. The van der Waals surface area contributed by atoms with Crippen molar-refractivity contribution in [1.29, 1.82) is 0 Å². The molecule has 0 saturated heterocycles. The molecule has 1 N–H and O–H groups in total. The molecule has 6 nitrogen and oxygen atoms in total. The van der Waals surface area contributed by atoms with E-state index in [4.69, 9.17) is 4.74 Å². The number of carbonyl (C=O) groups excluding carboxylic acids is 2. The van der Waals surface area contributed by atoms with Crippen LogP contribution in [0.25, 0.3) is 5.69 Å². The van der Waals surface area contributed by atoms with Crippen LogP contribution in [0.2, 0.25) is 0 Å². The van der Waals surface area contributed by atoms with Gasteiger partial charge in [0.2, 0.25) is 0 Å². The van der Waals surface area contributed by atoms with E-state index in [0.717, 1.165) is 11.3 Å². The quantitative estimate of drug-likeness (QED) is 0.291. The second-order valence-corrected chi connectivity index (χ2v) is 6.44. The Hall–Kier alpha value is -3.19. The van der Waals surface area contributed by atoms with E-state index in [1.54, 1.807) is 30.3 Å². The van der Waals surface area contributed by atoms with Crippen molar-refractivity contribution < 1.29 is 14.3 Å². The minimum absolute atomic E-state index is 0.314. The van der Waals surface area contributed by atoms with Gasteiger partial charge in [-0.15, -0.1) is 0 Å². The van der Waals surface area contributed by atoms with Crippen LogP contribution >= 0.6 is 15.9 Å². The maximum absolute atomic E-state index is 12.5. The van der Waals surface area contributed by atoms with Crippen molar-refractivity contribution in [3.63, 3.8) is 0 Å². The second-order valence-electron chi connectivity index (χ2n) is 5.59. The zero-order valence-electron chi connectivity index (χ0n) is 14.4. The number of amides is 1. The Balaban J connectivity index is 1.71. The number of hydrazone groups is 1. The van der Waals surface area contributed by atoms with Gasteiger partial charge in [-0.2, -0.15) is 5.10 Å². The summed E-state index contributed by atoms with van der Waals surface area (Å²) in [6.07, 6.45) is 5.26. The number of hydrogen-bond acceptors (Lipinski definition) is 4. The standard InChI is InChI=1S/C20H16BrN3O3/c1-14(25)27-19-9-8-15(12-17(19)21)13-22-23-20(26)16-6-2-3-7-18(16)24-10-4-5-11-24/h2-13H,1H3,(H,23,26)/b22-13-. The lowest BCUT2D eigenvalue weighted by atomic mass is 10.1. The molecular weight excluding hydrogens is 410 g/mol. The van der Waals surface area contributed by atoms with Crippen LogP contribution in [0.15, 0.2) is 76.6 Å². The Labute approximate surface area is 164 Å². The Morgan fingerprint density at radius 2 is 1.85 bits per heavy atom. The first kappa shape index (κ1) is 18.6. The Morgan fingerprint density at radius 1 is 1.11 bits per heavy atom. The van der Waals surface area contributed by atoms with Crippen molar-refractivity contribution in [3.05, 3.63) is 82.6 Å². The monoisotopic (exact) mass is 425 g/mol. The van der Waals surface area contributed by atoms with Gasteiger partial charge in [-0.05, 0) is 64.0 Å². The van der Waals surface area contributed by atoms with Crippen molar-refractivity contribution >= 4 is 34.0 Å². The van der Waals surface area contributed by atoms with E-state index < -0.39 is 5.97 Å². The van der Waals surface area contributed by atoms with Gasteiger partial charge in [0.1, 0.15) is 5.75 Å². The van der Waals surface area contributed by atoms with Gasteiger partial charge >= 0.3 is 5.97 Å². The topological polar surface area (TPSA) is 72.7 Å². The van der Waals surface area contributed by atoms with E-state index in [-0.39, 0.29) is 5.91 Å². The lowest BCUT2D eigenvalue weighted by molar-refractivity contribution is -0.131. The van der Waals surface area contributed by atoms with Gasteiger partial charge in [-0.25, -0.2) is 5.43 Å². The molecule has 0 fully saturated rings. The van der Waals surface area contributed by atoms with E-state index in [0.29, 0.717) is 15.8 Å². The molecule has 27 heavy (non-hydrogen) atoms. The van der Waals surface area contributed by atoms with Crippen LogP contribution in [0.5, 0.6) is 5.75 Å². The van der Waals surface area contributed by atoms with Crippen molar-refractivity contribution in [2.24, 2.45) is 5.10 Å². The lowest BCUT2D eigenvalue weighted by Gasteiger charge is -2.09. The second kappa shape index (κ2) is 8.46. The zero-order valence-corrected chi connectivity index (χ0v) is 16.0. The summed E-state index contributed by atoms with van der Waals surface area (Å²) in [6, 6.07) is 16.2. The van der Waals surface area contributed by atoms with Gasteiger partial charge in [-0.1, -0.05) is 12.1 Å². The van der Waals surface area contributed by atoms with Crippen molar-refractivity contribution in [2.75, 3.05) is 0 Å². The highest BCUT2D eigenvalue weighted by atomic mass is 79.9. The minimum atomic E-state index is -0.397. The zero-order chi connectivity index (χ0) is 19.2. The summed E-state index contributed by atoms with van der Waals surface area (Å²) in [5, 5.41) is 4.01. The maximum atomic E-state index is 12.5. The first-order valence-electron chi connectivity index (χ1n) is 8.08. The summed E-state index contributed by atoms with van der Waals surface area (Å²) in [5.74, 6) is -0.291.